The van der Waals surface area contributed by atoms with E-state index in [1.54, 1.807) is 0 Å². The Morgan fingerprint density at radius 1 is 1.11 bits per heavy atom. The third-order valence-electron chi connectivity index (χ3n) is 4.63. The van der Waals surface area contributed by atoms with Gasteiger partial charge in [-0.15, -0.1) is 0 Å². The van der Waals surface area contributed by atoms with Crippen LogP contribution in [0.1, 0.15) is 64.0 Å². The lowest BCUT2D eigenvalue weighted by atomic mass is 9.80. The minimum absolute atomic E-state index is 0.0983. The van der Waals surface area contributed by atoms with E-state index in [0.29, 0.717) is 5.41 Å². The fourth-order valence-corrected chi connectivity index (χ4v) is 3.08. The molecule has 1 unspecified atom stereocenters. The lowest BCUT2D eigenvalue weighted by Crippen LogP contribution is -2.36. The molecule has 2 N–H and O–H groups in total. The van der Waals surface area contributed by atoms with E-state index in [2.05, 4.69) is 45.0 Å². The second-order valence-electron chi connectivity index (χ2n) is 6.73. The summed E-state index contributed by atoms with van der Waals surface area (Å²) in [5.74, 6) is 0. The molecule has 0 heterocycles. The number of aryl methyl sites for hydroxylation is 1. The molecule has 0 saturated heterocycles. The first kappa shape index (κ1) is 13.6. The van der Waals surface area contributed by atoms with Gasteiger partial charge in [0.25, 0.3) is 0 Å². The van der Waals surface area contributed by atoms with Crippen molar-refractivity contribution in [2.75, 3.05) is 0 Å². The highest BCUT2D eigenvalue weighted by molar-refractivity contribution is 5.29. The number of rotatable bonds is 2. The van der Waals surface area contributed by atoms with Crippen molar-refractivity contribution in [1.82, 2.24) is 0 Å². The highest BCUT2D eigenvalue weighted by Gasteiger charge is 2.33. The number of hydrogen-bond acceptors (Lipinski definition) is 1. The fraction of sp³-hybridized carbons (Fsp3) is 0.647. The molecule has 1 aromatic carbocycles. The van der Waals surface area contributed by atoms with Crippen LogP contribution in [0.25, 0.3) is 0 Å². The smallest absolute Gasteiger partial charge is 0.0409 e. The van der Waals surface area contributed by atoms with Crippen molar-refractivity contribution in [3.63, 3.8) is 0 Å². The van der Waals surface area contributed by atoms with Crippen LogP contribution in [0.3, 0.4) is 0 Å². The van der Waals surface area contributed by atoms with Gasteiger partial charge >= 0.3 is 0 Å². The maximum absolute atomic E-state index is 6.73. The molecule has 0 spiro atoms. The molecule has 1 atom stereocenters. The van der Waals surface area contributed by atoms with Crippen LogP contribution >= 0.6 is 0 Å². The van der Waals surface area contributed by atoms with Crippen LogP contribution in [-0.2, 0) is 12.0 Å². The molecule has 0 aromatic heterocycles. The van der Waals surface area contributed by atoms with E-state index < -0.39 is 0 Å². The van der Waals surface area contributed by atoms with Crippen LogP contribution in [0.5, 0.6) is 0 Å². The molecule has 2 rings (SSSR count). The molecule has 0 radical (unpaired) electrons. The predicted molar refractivity (Wildman–Crippen MR) is 78.6 cm³/mol. The molecular weight excluding hydrogens is 218 g/mol. The van der Waals surface area contributed by atoms with Gasteiger partial charge in [0.2, 0.25) is 0 Å². The third kappa shape index (κ3) is 2.95. The van der Waals surface area contributed by atoms with Crippen molar-refractivity contribution in [2.45, 2.75) is 64.8 Å². The Labute approximate surface area is 112 Å². The molecule has 1 aliphatic carbocycles. The summed E-state index contributed by atoms with van der Waals surface area (Å²) in [5.41, 5.74) is 9.84. The van der Waals surface area contributed by atoms with Crippen molar-refractivity contribution in [3.8, 4) is 0 Å². The van der Waals surface area contributed by atoms with Crippen LogP contribution < -0.4 is 5.73 Å². The first-order valence-corrected chi connectivity index (χ1v) is 7.33. The van der Waals surface area contributed by atoms with Crippen molar-refractivity contribution in [2.24, 2.45) is 11.1 Å². The molecular formula is C17H27N. The molecule has 1 aliphatic rings. The molecule has 1 nitrogen and oxygen atoms in total. The van der Waals surface area contributed by atoms with Crippen LogP contribution in [-0.4, -0.2) is 0 Å². The van der Waals surface area contributed by atoms with E-state index in [-0.39, 0.29) is 5.54 Å². The molecule has 1 saturated carbocycles. The maximum atomic E-state index is 6.73. The Morgan fingerprint density at radius 3 is 2.61 bits per heavy atom. The molecule has 0 aliphatic heterocycles. The molecule has 1 heteroatoms. The minimum Gasteiger partial charge on any atom is -0.321 e. The summed E-state index contributed by atoms with van der Waals surface area (Å²) in [6.45, 7) is 6.96. The van der Waals surface area contributed by atoms with Crippen molar-refractivity contribution in [1.29, 1.82) is 0 Å². The first-order valence-electron chi connectivity index (χ1n) is 7.33. The lowest BCUT2D eigenvalue weighted by Gasteiger charge is -2.30. The summed E-state index contributed by atoms with van der Waals surface area (Å²) < 4.78 is 0. The molecule has 100 valence electrons. The van der Waals surface area contributed by atoms with E-state index in [1.807, 2.05) is 0 Å². The van der Waals surface area contributed by atoms with Gasteiger partial charge in [-0.3, -0.25) is 0 Å². The Morgan fingerprint density at radius 2 is 1.89 bits per heavy atom. The van der Waals surface area contributed by atoms with Crippen molar-refractivity contribution >= 4 is 0 Å². The summed E-state index contributed by atoms with van der Waals surface area (Å²) in [4.78, 5) is 0. The normalized spacial score (nSPS) is 27.8. The van der Waals surface area contributed by atoms with Crippen LogP contribution in [0, 0.1) is 5.41 Å². The Balaban J connectivity index is 2.24. The molecule has 0 bridgehead atoms. The minimum atomic E-state index is -0.0983. The summed E-state index contributed by atoms with van der Waals surface area (Å²) in [5, 5.41) is 0. The number of benzene rings is 1. The molecule has 18 heavy (non-hydrogen) atoms. The standard InChI is InChI=1S/C17H27N/c1-4-14-7-5-8-15(13-14)17(18)10-6-9-16(2,3)11-12-17/h5,7-8,13H,4,6,9-12,18H2,1-3H3. The van der Waals surface area contributed by atoms with E-state index in [4.69, 9.17) is 5.73 Å². The van der Waals surface area contributed by atoms with Crippen molar-refractivity contribution < 1.29 is 0 Å². The molecule has 0 amide bonds. The summed E-state index contributed by atoms with van der Waals surface area (Å²) >= 11 is 0. The lowest BCUT2D eigenvalue weighted by molar-refractivity contribution is 0.299. The van der Waals surface area contributed by atoms with Crippen LogP contribution in [0.4, 0.5) is 0 Å². The predicted octanol–water partition coefficient (Wildman–Crippen LogP) is 4.39. The number of nitrogens with two attached hydrogens (primary N) is 1. The molecule has 1 aromatic rings. The summed E-state index contributed by atoms with van der Waals surface area (Å²) in [6.07, 6.45) is 7.13. The van der Waals surface area contributed by atoms with Gasteiger partial charge in [0.05, 0.1) is 0 Å². The first-order chi connectivity index (χ1) is 8.45. The Bertz CT molecular complexity index is 408. The zero-order valence-electron chi connectivity index (χ0n) is 12.1. The number of hydrogen-bond donors (Lipinski definition) is 1. The van der Waals surface area contributed by atoms with Gasteiger partial charge in [-0.05, 0) is 48.6 Å². The average molecular weight is 245 g/mol. The van der Waals surface area contributed by atoms with Gasteiger partial charge in [0.1, 0.15) is 0 Å². The topological polar surface area (TPSA) is 26.0 Å². The van der Waals surface area contributed by atoms with E-state index in [0.717, 1.165) is 19.3 Å². The third-order valence-corrected chi connectivity index (χ3v) is 4.63. The van der Waals surface area contributed by atoms with Gasteiger partial charge in [0, 0.05) is 5.54 Å². The zero-order valence-corrected chi connectivity index (χ0v) is 12.1. The molecule has 1 fully saturated rings. The van der Waals surface area contributed by atoms with Crippen LogP contribution in [0.2, 0.25) is 0 Å². The summed E-state index contributed by atoms with van der Waals surface area (Å²) in [6, 6.07) is 8.90. The van der Waals surface area contributed by atoms with E-state index >= 15 is 0 Å². The monoisotopic (exact) mass is 245 g/mol. The van der Waals surface area contributed by atoms with E-state index in [1.165, 1.54) is 30.4 Å². The second-order valence-corrected chi connectivity index (χ2v) is 6.73. The van der Waals surface area contributed by atoms with Crippen LogP contribution in [0.15, 0.2) is 24.3 Å². The quantitative estimate of drug-likeness (QED) is 0.768. The van der Waals surface area contributed by atoms with Gasteiger partial charge in [0.15, 0.2) is 0 Å². The highest BCUT2D eigenvalue weighted by Crippen LogP contribution is 2.41. The van der Waals surface area contributed by atoms with E-state index in [9.17, 15) is 0 Å². The van der Waals surface area contributed by atoms with Crippen molar-refractivity contribution in [3.05, 3.63) is 35.4 Å². The second kappa shape index (κ2) is 5.05. The van der Waals surface area contributed by atoms with Gasteiger partial charge in [-0.25, -0.2) is 0 Å². The fourth-order valence-electron chi connectivity index (χ4n) is 3.08. The zero-order chi connectivity index (χ0) is 13.2. The largest absolute Gasteiger partial charge is 0.321 e. The Hall–Kier alpha value is -0.820. The van der Waals surface area contributed by atoms with Gasteiger partial charge in [-0.2, -0.15) is 0 Å². The average Bonchev–Trinajstić information content (AvgIpc) is 2.50. The maximum Gasteiger partial charge on any atom is 0.0409 e. The van der Waals surface area contributed by atoms with Gasteiger partial charge in [-0.1, -0.05) is 51.5 Å². The van der Waals surface area contributed by atoms with Gasteiger partial charge < -0.3 is 5.73 Å². The Kier molecular flexibility index (Phi) is 3.82. The summed E-state index contributed by atoms with van der Waals surface area (Å²) in [7, 11) is 0. The highest BCUT2D eigenvalue weighted by atomic mass is 14.7. The SMILES string of the molecule is CCc1cccc(C2(N)CCCC(C)(C)CC2)c1.